The molecule has 1 aromatic carbocycles. The van der Waals surface area contributed by atoms with Gasteiger partial charge in [-0.2, -0.15) is 0 Å². The summed E-state index contributed by atoms with van der Waals surface area (Å²) in [6.07, 6.45) is 3.97. The van der Waals surface area contributed by atoms with E-state index in [9.17, 15) is 9.59 Å². The number of thiazole rings is 1. The lowest BCUT2D eigenvalue weighted by Gasteiger charge is -2.15. The second kappa shape index (κ2) is 8.11. The lowest BCUT2D eigenvalue weighted by molar-refractivity contribution is -0.127. The van der Waals surface area contributed by atoms with Crippen molar-refractivity contribution in [2.75, 3.05) is 26.7 Å². The molecule has 2 aromatic rings. The van der Waals surface area contributed by atoms with Gasteiger partial charge in [0.05, 0.1) is 13.3 Å². The van der Waals surface area contributed by atoms with Crippen molar-refractivity contribution < 1.29 is 14.3 Å². The Morgan fingerprint density at radius 2 is 2.16 bits per heavy atom. The molecule has 0 saturated carbocycles. The van der Waals surface area contributed by atoms with Crippen molar-refractivity contribution in [1.29, 1.82) is 0 Å². The van der Waals surface area contributed by atoms with Crippen molar-refractivity contribution >= 4 is 23.2 Å². The van der Waals surface area contributed by atoms with Gasteiger partial charge >= 0.3 is 0 Å². The molecule has 2 heterocycles. The molecule has 1 aliphatic heterocycles. The third kappa shape index (κ3) is 4.36. The first-order valence-corrected chi connectivity index (χ1v) is 9.15. The van der Waals surface area contributed by atoms with Crippen LogP contribution in [0.25, 0.3) is 10.6 Å². The van der Waals surface area contributed by atoms with Crippen LogP contribution in [0, 0.1) is 0 Å². The number of nitrogens with zero attached hydrogens (tertiary/aromatic N) is 2. The SMILES string of the molecule is COc1ccc(-c2ncc(C(=O)NCCCN3CCCC3=O)s2)cc1. The molecule has 0 atom stereocenters. The number of aromatic nitrogens is 1. The summed E-state index contributed by atoms with van der Waals surface area (Å²) in [6, 6.07) is 7.59. The van der Waals surface area contributed by atoms with Crippen LogP contribution in [-0.4, -0.2) is 48.4 Å². The summed E-state index contributed by atoms with van der Waals surface area (Å²) in [4.78, 5) is 30.5. The second-order valence-electron chi connectivity index (χ2n) is 5.85. The van der Waals surface area contributed by atoms with Crippen molar-refractivity contribution in [2.24, 2.45) is 0 Å². The number of methoxy groups -OCH3 is 1. The van der Waals surface area contributed by atoms with Crippen LogP contribution in [0.2, 0.25) is 0 Å². The van der Waals surface area contributed by atoms with E-state index in [2.05, 4.69) is 10.3 Å². The Kier molecular flexibility index (Phi) is 5.65. The molecule has 3 rings (SSSR count). The maximum Gasteiger partial charge on any atom is 0.263 e. The predicted molar refractivity (Wildman–Crippen MR) is 96.9 cm³/mol. The number of benzene rings is 1. The fraction of sp³-hybridized carbons (Fsp3) is 0.389. The molecule has 0 bridgehead atoms. The molecule has 2 amide bonds. The van der Waals surface area contributed by atoms with E-state index in [1.165, 1.54) is 11.3 Å². The molecule has 132 valence electrons. The maximum absolute atomic E-state index is 12.2. The zero-order valence-electron chi connectivity index (χ0n) is 14.2. The Morgan fingerprint density at radius 1 is 1.36 bits per heavy atom. The minimum Gasteiger partial charge on any atom is -0.497 e. The van der Waals surface area contributed by atoms with Gasteiger partial charge in [-0.1, -0.05) is 0 Å². The van der Waals surface area contributed by atoms with Crippen molar-refractivity contribution in [1.82, 2.24) is 15.2 Å². The van der Waals surface area contributed by atoms with Gasteiger partial charge in [0, 0.05) is 31.6 Å². The van der Waals surface area contributed by atoms with Crippen molar-refractivity contribution in [3.05, 3.63) is 35.3 Å². The summed E-state index contributed by atoms with van der Waals surface area (Å²) in [7, 11) is 1.63. The van der Waals surface area contributed by atoms with Gasteiger partial charge in [-0.15, -0.1) is 11.3 Å². The summed E-state index contributed by atoms with van der Waals surface area (Å²) in [6.45, 7) is 2.10. The molecule has 1 N–H and O–H groups in total. The first kappa shape index (κ1) is 17.4. The standard InChI is InChI=1S/C18H21N3O3S/c1-24-14-7-5-13(6-8-14)18-20-12-15(25-18)17(23)19-9-3-11-21-10-2-4-16(21)22/h5-8,12H,2-4,9-11H2,1H3,(H,19,23). The molecule has 1 fully saturated rings. The van der Waals surface area contributed by atoms with Gasteiger partial charge in [-0.05, 0) is 37.1 Å². The van der Waals surface area contributed by atoms with Gasteiger partial charge in [0.1, 0.15) is 15.6 Å². The molecule has 1 aromatic heterocycles. The van der Waals surface area contributed by atoms with Gasteiger partial charge < -0.3 is 15.0 Å². The van der Waals surface area contributed by atoms with Crippen LogP contribution >= 0.6 is 11.3 Å². The number of hydrogen-bond acceptors (Lipinski definition) is 5. The molecular formula is C18H21N3O3S. The Balaban J connectivity index is 1.49. The molecule has 0 unspecified atom stereocenters. The van der Waals surface area contributed by atoms with Crippen LogP contribution in [0.15, 0.2) is 30.5 Å². The molecule has 0 radical (unpaired) electrons. The molecule has 7 heteroatoms. The highest BCUT2D eigenvalue weighted by atomic mass is 32.1. The Bertz CT molecular complexity index is 742. The minimum atomic E-state index is -0.120. The molecule has 6 nitrogen and oxygen atoms in total. The number of nitrogens with one attached hydrogen (secondary N) is 1. The quantitative estimate of drug-likeness (QED) is 0.771. The summed E-state index contributed by atoms with van der Waals surface area (Å²) < 4.78 is 5.14. The van der Waals surface area contributed by atoms with E-state index in [1.54, 1.807) is 13.3 Å². The zero-order valence-corrected chi connectivity index (χ0v) is 15.0. The molecule has 25 heavy (non-hydrogen) atoms. The van der Waals surface area contributed by atoms with Gasteiger partial charge in [-0.3, -0.25) is 9.59 Å². The fourth-order valence-corrected chi connectivity index (χ4v) is 3.58. The highest BCUT2D eigenvalue weighted by Gasteiger charge is 2.19. The summed E-state index contributed by atoms with van der Waals surface area (Å²) in [5.74, 6) is 0.887. The van der Waals surface area contributed by atoms with Crippen molar-refractivity contribution in [2.45, 2.75) is 19.3 Å². The Hall–Kier alpha value is -2.41. The normalized spacial score (nSPS) is 14.0. The van der Waals surface area contributed by atoms with Gasteiger partial charge in [0.25, 0.3) is 5.91 Å². The lowest BCUT2D eigenvalue weighted by Crippen LogP contribution is -2.30. The van der Waals surface area contributed by atoms with Gasteiger partial charge in [0.15, 0.2) is 0 Å². The van der Waals surface area contributed by atoms with E-state index in [0.717, 1.165) is 35.7 Å². The van der Waals surface area contributed by atoms with Gasteiger partial charge in [0.2, 0.25) is 5.91 Å². The number of hydrogen-bond donors (Lipinski definition) is 1. The maximum atomic E-state index is 12.2. The van der Waals surface area contributed by atoms with E-state index in [-0.39, 0.29) is 11.8 Å². The van der Waals surface area contributed by atoms with Crippen LogP contribution in [0.4, 0.5) is 0 Å². The van der Waals surface area contributed by atoms with Crippen LogP contribution in [0.5, 0.6) is 5.75 Å². The number of rotatable bonds is 7. The van der Waals surface area contributed by atoms with Crippen LogP contribution in [0.1, 0.15) is 28.9 Å². The van der Waals surface area contributed by atoms with Gasteiger partial charge in [-0.25, -0.2) is 4.98 Å². The summed E-state index contributed by atoms with van der Waals surface area (Å²) in [5.41, 5.74) is 0.956. The van der Waals surface area contributed by atoms with Crippen LogP contribution < -0.4 is 10.1 Å². The van der Waals surface area contributed by atoms with E-state index in [0.29, 0.717) is 24.4 Å². The minimum absolute atomic E-state index is 0.120. The van der Waals surface area contributed by atoms with E-state index >= 15 is 0 Å². The predicted octanol–water partition coefficient (Wildman–Crippen LogP) is 2.56. The zero-order chi connectivity index (χ0) is 17.6. The summed E-state index contributed by atoms with van der Waals surface area (Å²) in [5, 5.41) is 3.70. The molecule has 1 aliphatic rings. The summed E-state index contributed by atoms with van der Waals surface area (Å²) >= 11 is 1.36. The van der Waals surface area contributed by atoms with Crippen molar-refractivity contribution in [3.8, 4) is 16.3 Å². The van der Waals surface area contributed by atoms with Crippen LogP contribution in [0.3, 0.4) is 0 Å². The second-order valence-corrected chi connectivity index (χ2v) is 6.88. The molecule has 0 spiro atoms. The average Bonchev–Trinajstić information content (AvgIpc) is 3.28. The van der Waals surface area contributed by atoms with E-state index in [4.69, 9.17) is 4.74 Å². The van der Waals surface area contributed by atoms with E-state index < -0.39 is 0 Å². The average molecular weight is 359 g/mol. The third-order valence-corrected chi connectivity index (χ3v) is 5.17. The molecule has 0 aliphatic carbocycles. The smallest absolute Gasteiger partial charge is 0.263 e. The largest absolute Gasteiger partial charge is 0.497 e. The molecular weight excluding hydrogens is 338 g/mol. The third-order valence-electron chi connectivity index (χ3n) is 4.13. The number of amides is 2. The first-order valence-electron chi connectivity index (χ1n) is 8.33. The highest BCUT2D eigenvalue weighted by molar-refractivity contribution is 7.16. The fourth-order valence-electron chi connectivity index (χ4n) is 2.75. The lowest BCUT2D eigenvalue weighted by atomic mass is 10.2. The topological polar surface area (TPSA) is 71.5 Å². The number of ether oxygens (including phenoxy) is 1. The first-order chi connectivity index (χ1) is 12.2. The number of carbonyl (C=O) groups is 2. The van der Waals surface area contributed by atoms with Crippen LogP contribution in [-0.2, 0) is 4.79 Å². The van der Waals surface area contributed by atoms with E-state index in [1.807, 2.05) is 29.2 Å². The number of carbonyl (C=O) groups excluding carboxylic acids is 2. The number of likely N-dealkylation sites (tertiary alicyclic amines) is 1. The molecule has 1 saturated heterocycles. The highest BCUT2D eigenvalue weighted by Crippen LogP contribution is 2.26. The van der Waals surface area contributed by atoms with Crippen molar-refractivity contribution in [3.63, 3.8) is 0 Å². The Labute approximate surface area is 150 Å². The Morgan fingerprint density at radius 3 is 2.84 bits per heavy atom. The monoisotopic (exact) mass is 359 g/mol.